The molecule has 2 aliphatic heterocycles. The van der Waals surface area contributed by atoms with Gasteiger partial charge >= 0.3 is 0 Å². The fourth-order valence-corrected chi connectivity index (χ4v) is 3.89. The normalized spacial score (nSPS) is 19.0. The second kappa shape index (κ2) is 5.95. The molecule has 0 saturated carbocycles. The number of aryl methyl sites for hydroxylation is 1. The zero-order chi connectivity index (χ0) is 17.7. The quantitative estimate of drug-likeness (QED) is 0.726. The summed E-state index contributed by atoms with van der Waals surface area (Å²) in [5.74, 6) is 2.31. The molecule has 2 aliphatic rings. The van der Waals surface area contributed by atoms with Crippen LogP contribution in [0, 0.1) is 0 Å². The number of imidazole rings is 1. The first kappa shape index (κ1) is 15.6. The molecule has 1 atom stereocenters. The van der Waals surface area contributed by atoms with Crippen LogP contribution in [0.25, 0.3) is 11.6 Å². The van der Waals surface area contributed by atoms with Gasteiger partial charge in [-0.05, 0) is 30.5 Å². The van der Waals surface area contributed by atoms with Gasteiger partial charge in [0.1, 0.15) is 11.5 Å². The smallest absolute Gasteiger partial charge is 0.271 e. The molecule has 1 aromatic carbocycles. The molecular formula is C18H17ClN6O. The van der Waals surface area contributed by atoms with Crippen LogP contribution in [0.2, 0.25) is 5.02 Å². The van der Waals surface area contributed by atoms with Crippen LogP contribution < -0.4 is 5.32 Å². The van der Waals surface area contributed by atoms with Crippen LogP contribution in [0.15, 0.2) is 24.3 Å². The Labute approximate surface area is 154 Å². The number of aromatic nitrogens is 5. The van der Waals surface area contributed by atoms with Gasteiger partial charge in [-0.2, -0.15) is 0 Å². The number of nitrogens with one attached hydrogen (secondary N) is 2. The van der Waals surface area contributed by atoms with Gasteiger partial charge in [-0.25, -0.2) is 4.98 Å². The molecule has 132 valence electrons. The second-order valence-electron chi connectivity index (χ2n) is 6.77. The Balaban J connectivity index is 1.51. The summed E-state index contributed by atoms with van der Waals surface area (Å²) < 4.78 is 2.08. The zero-order valence-corrected chi connectivity index (χ0v) is 14.8. The van der Waals surface area contributed by atoms with E-state index < -0.39 is 0 Å². The number of carbonyl (C=O) groups excluding carboxylic acids is 1. The van der Waals surface area contributed by atoms with E-state index in [1.807, 2.05) is 24.3 Å². The average Bonchev–Trinajstić information content (AvgIpc) is 3.32. The monoisotopic (exact) mass is 368 g/mol. The number of fused-ring (bicyclic) bond motifs is 2. The topological polar surface area (TPSA) is 88.5 Å². The minimum atomic E-state index is -0.153. The fraction of sp³-hybridized carbons (Fsp3) is 0.333. The summed E-state index contributed by atoms with van der Waals surface area (Å²) in [6.07, 6.45) is 2.70. The number of hydrogen-bond acceptors (Lipinski definition) is 4. The molecular weight excluding hydrogens is 352 g/mol. The Morgan fingerprint density at radius 1 is 1.19 bits per heavy atom. The van der Waals surface area contributed by atoms with Crippen LogP contribution in [0.4, 0.5) is 0 Å². The lowest BCUT2D eigenvalue weighted by atomic mass is 9.94. The SMILES string of the molecule is O=C1NC[C@H](c2ccc(Cl)cc2)Cc2[nH]c(-c3nnc4n3CCC4)nc21. The first-order valence-electron chi connectivity index (χ1n) is 8.74. The summed E-state index contributed by atoms with van der Waals surface area (Å²) >= 11 is 5.99. The van der Waals surface area contributed by atoms with Crippen molar-refractivity contribution in [1.82, 2.24) is 30.0 Å². The molecule has 2 aromatic heterocycles. The third kappa shape index (κ3) is 2.50. The van der Waals surface area contributed by atoms with Crippen LogP contribution in [-0.2, 0) is 19.4 Å². The molecule has 2 N–H and O–H groups in total. The van der Waals surface area contributed by atoms with Gasteiger partial charge < -0.3 is 14.9 Å². The van der Waals surface area contributed by atoms with Gasteiger partial charge in [0.2, 0.25) is 0 Å². The Bertz CT molecular complexity index is 990. The highest BCUT2D eigenvalue weighted by molar-refractivity contribution is 6.30. The second-order valence-corrected chi connectivity index (χ2v) is 7.21. The molecule has 0 fully saturated rings. The minimum Gasteiger partial charge on any atom is -0.350 e. The molecule has 0 aliphatic carbocycles. The summed E-state index contributed by atoms with van der Waals surface area (Å²) in [5.41, 5.74) is 2.43. The molecule has 0 bridgehead atoms. The molecule has 1 amide bonds. The maximum absolute atomic E-state index is 12.5. The molecule has 8 heteroatoms. The number of carbonyl (C=O) groups is 1. The average molecular weight is 369 g/mol. The van der Waals surface area contributed by atoms with Crippen molar-refractivity contribution >= 4 is 17.5 Å². The number of benzene rings is 1. The van der Waals surface area contributed by atoms with Crippen LogP contribution in [0.3, 0.4) is 0 Å². The largest absolute Gasteiger partial charge is 0.350 e. The lowest BCUT2D eigenvalue weighted by Crippen LogP contribution is -2.26. The first-order chi connectivity index (χ1) is 12.7. The van der Waals surface area contributed by atoms with E-state index in [-0.39, 0.29) is 11.8 Å². The van der Waals surface area contributed by atoms with Crippen molar-refractivity contribution in [2.75, 3.05) is 6.54 Å². The summed E-state index contributed by atoms with van der Waals surface area (Å²) in [4.78, 5) is 20.4. The summed E-state index contributed by atoms with van der Waals surface area (Å²) in [7, 11) is 0. The Hall–Kier alpha value is -2.67. The highest BCUT2D eigenvalue weighted by atomic mass is 35.5. The Morgan fingerprint density at radius 2 is 2.04 bits per heavy atom. The van der Waals surface area contributed by atoms with Crippen LogP contribution in [0.5, 0.6) is 0 Å². The molecule has 0 saturated heterocycles. The van der Waals surface area contributed by atoms with E-state index in [1.54, 1.807) is 0 Å². The van der Waals surface area contributed by atoms with E-state index in [1.165, 1.54) is 0 Å². The molecule has 4 heterocycles. The third-order valence-corrected chi connectivity index (χ3v) is 5.37. The van der Waals surface area contributed by atoms with Crippen LogP contribution in [0.1, 0.15) is 39.9 Å². The van der Waals surface area contributed by atoms with Gasteiger partial charge in [0.25, 0.3) is 5.91 Å². The van der Waals surface area contributed by atoms with Crippen LogP contribution >= 0.6 is 11.6 Å². The van der Waals surface area contributed by atoms with Gasteiger partial charge in [0.15, 0.2) is 11.6 Å². The van der Waals surface area contributed by atoms with Gasteiger partial charge in [-0.3, -0.25) is 4.79 Å². The predicted molar refractivity (Wildman–Crippen MR) is 96.2 cm³/mol. The van der Waals surface area contributed by atoms with E-state index in [4.69, 9.17) is 11.6 Å². The van der Waals surface area contributed by atoms with Crippen molar-refractivity contribution in [2.24, 2.45) is 0 Å². The Morgan fingerprint density at radius 3 is 2.88 bits per heavy atom. The van der Waals surface area contributed by atoms with Crippen LogP contribution in [-0.4, -0.2) is 37.2 Å². The maximum atomic E-state index is 12.5. The Kier molecular flexibility index (Phi) is 3.56. The van der Waals surface area contributed by atoms with Crippen molar-refractivity contribution in [3.8, 4) is 11.6 Å². The highest BCUT2D eigenvalue weighted by Crippen LogP contribution is 2.28. The molecule has 3 aromatic rings. The van der Waals surface area contributed by atoms with E-state index in [0.29, 0.717) is 35.3 Å². The number of H-pyrrole nitrogens is 1. The van der Waals surface area contributed by atoms with Gasteiger partial charge in [0.05, 0.1) is 0 Å². The lowest BCUT2D eigenvalue weighted by molar-refractivity contribution is 0.0950. The third-order valence-electron chi connectivity index (χ3n) is 5.12. The molecule has 0 unspecified atom stereocenters. The minimum absolute atomic E-state index is 0.153. The zero-order valence-electron chi connectivity index (χ0n) is 14.0. The molecule has 5 rings (SSSR count). The number of hydrogen-bond donors (Lipinski definition) is 2. The summed E-state index contributed by atoms with van der Waals surface area (Å²) in [6.45, 7) is 1.46. The van der Waals surface area contributed by atoms with Crippen molar-refractivity contribution < 1.29 is 4.79 Å². The molecule has 26 heavy (non-hydrogen) atoms. The standard InChI is InChI=1S/C18H17ClN6O/c19-12-5-3-10(4-6-12)11-8-13-15(18(26)20-9-11)22-16(21-13)17-24-23-14-2-1-7-25(14)17/h3-6,11H,1-2,7-9H2,(H,20,26)(H,21,22)/t11-/m1/s1. The van der Waals surface area contributed by atoms with Gasteiger partial charge in [-0.1, -0.05) is 23.7 Å². The number of nitrogens with zero attached hydrogens (tertiary/aromatic N) is 4. The molecule has 0 radical (unpaired) electrons. The van der Waals surface area contributed by atoms with E-state index in [2.05, 4.69) is 30.0 Å². The summed E-state index contributed by atoms with van der Waals surface area (Å²) in [6, 6.07) is 7.77. The summed E-state index contributed by atoms with van der Waals surface area (Å²) in [5, 5.41) is 12.2. The lowest BCUT2D eigenvalue weighted by Gasteiger charge is -2.14. The van der Waals surface area contributed by atoms with Crippen molar-refractivity contribution in [3.63, 3.8) is 0 Å². The maximum Gasteiger partial charge on any atom is 0.271 e. The molecule has 7 nitrogen and oxygen atoms in total. The van der Waals surface area contributed by atoms with Crippen molar-refractivity contribution in [3.05, 3.63) is 52.1 Å². The highest BCUT2D eigenvalue weighted by Gasteiger charge is 2.28. The van der Waals surface area contributed by atoms with Crippen molar-refractivity contribution in [1.29, 1.82) is 0 Å². The first-order valence-corrected chi connectivity index (χ1v) is 9.12. The number of halogens is 1. The number of rotatable bonds is 2. The van der Waals surface area contributed by atoms with Gasteiger partial charge in [0, 0.05) is 36.1 Å². The van der Waals surface area contributed by atoms with E-state index in [9.17, 15) is 4.79 Å². The number of aromatic amines is 1. The number of amides is 1. The van der Waals surface area contributed by atoms with E-state index >= 15 is 0 Å². The van der Waals surface area contributed by atoms with E-state index in [0.717, 1.165) is 36.5 Å². The molecule has 0 spiro atoms. The fourth-order valence-electron chi connectivity index (χ4n) is 3.77. The van der Waals surface area contributed by atoms with Gasteiger partial charge in [-0.15, -0.1) is 10.2 Å². The predicted octanol–water partition coefficient (Wildman–Crippen LogP) is 2.34. The van der Waals surface area contributed by atoms with Crippen molar-refractivity contribution in [2.45, 2.75) is 31.7 Å².